The number of fused-ring (bicyclic) bond motifs is 1. The summed E-state index contributed by atoms with van der Waals surface area (Å²) in [5.41, 5.74) is 5.49. The predicted octanol–water partition coefficient (Wildman–Crippen LogP) is 1.25. The quantitative estimate of drug-likeness (QED) is 0.495. The number of nitro benzene ring substituents is 1. The lowest BCUT2D eigenvalue weighted by molar-refractivity contribution is -0.385. The Balaban J connectivity index is 2.07. The van der Waals surface area contributed by atoms with Crippen LogP contribution in [0.4, 0.5) is 5.69 Å². The van der Waals surface area contributed by atoms with Gasteiger partial charge in [-0.25, -0.2) is 0 Å². The maximum atomic E-state index is 11.5. The molecule has 2 aliphatic rings. The summed E-state index contributed by atoms with van der Waals surface area (Å²) in [5.74, 6) is 0.186. The van der Waals surface area contributed by atoms with Gasteiger partial charge in [-0.05, 0) is 23.9 Å². The molecule has 1 aromatic carbocycles. The van der Waals surface area contributed by atoms with Crippen LogP contribution in [0.15, 0.2) is 22.0 Å². The van der Waals surface area contributed by atoms with E-state index in [2.05, 4.69) is 4.99 Å². The molecule has 2 aliphatic heterocycles. The number of ether oxygens (including phenoxy) is 2. The van der Waals surface area contributed by atoms with E-state index in [1.165, 1.54) is 18.2 Å². The summed E-state index contributed by atoms with van der Waals surface area (Å²) in [6.07, 6.45) is 1.37. The number of hydrogen-bond donors (Lipinski definition) is 1. The average molecular weight is 293 g/mol. The number of amidine groups is 1. The van der Waals surface area contributed by atoms with Gasteiger partial charge < -0.3 is 15.2 Å². The zero-order valence-corrected chi connectivity index (χ0v) is 10.7. The van der Waals surface area contributed by atoms with Crippen LogP contribution in [-0.2, 0) is 4.79 Å². The van der Waals surface area contributed by atoms with Crippen molar-refractivity contribution >= 4 is 34.6 Å². The molecule has 0 atom stereocenters. The Hall–Kier alpha value is -2.55. The van der Waals surface area contributed by atoms with Gasteiger partial charge in [0.25, 0.3) is 11.6 Å². The zero-order chi connectivity index (χ0) is 14.3. The third-order valence-electron chi connectivity index (χ3n) is 2.64. The van der Waals surface area contributed by atoms with Crippen molar-refractivity contribution < 1.29 is 19.2 Å². The lowest BCUT2D eigenvalue weighted by atomic mass is 10.1. The van der Waals surface area contributed by atoms with Crippen LogP contribution in [0.25, 0.3) is 6.08 Å². The van der Waals surface area contributed by atoms with Crippen LogP contribution in [0.1, 0.15) is 5.56 Å². The van der Waals surface area contributed by atoms with E-state index >= 15 is 0 Å². The van der Waals surface area contributed by atoms with Crippen LogP contribution >= 0.6 is 11.8 Å². The zero-order valence-electron chi connectivity index (χ0n) is 9.86. The Labute approximate surface area is 116 Å². The fourth-order valence-corrected chi connectivity index (χ4v) is 2.46. The van der Waals surface area contributed by atoms with Crippen LogP contribution in [-0.4, -0.2) is 22.8 Å². The molecule has 0 fully saturated rings. The summed E-state index contributed by atoms with van der Waals surface area (Å²) in [6.45, 7) is 0.0102. The fraction of sp³-hybridized carbons (Fsp3) is 0.0909. The van der Waals surface area contributed by atoms with Gasteiger partial charge >= 0.3 is 0 Å². The molecule has 1 amide bonds. The largest absolute Gasteiger partial charge is 0.454 e. The lowest BCUT2D eigenvalue weighted by Crippen LogP contribution is -2.01. The second-order valence-corrected chi connectivity index (χ2v) is 4.95. The van der Waals surface area contributed by atoms with Gasteiger partial charge in [0.1, 0.15) is 0 Å². The number of amides is 1. The molecule has 2 heterocycles. The Morgan fingerprint density at radius 2 is 2.10 bits per heavy atom. The molecule has 0 saturated heterocycles. The maximum absolute atomic E-state index is 11.5. The average Bonchev–Trinajstić information content (AvgIpc) is 2.94. The molecule has 9 heteroatoms. The van der Waals surface area contributed by atoms with Crippen LogP contribution in [0.3, 0.4) is 0 Å². The van der Waals surface area contributed by atoms with E-state index in [0.717, 1.165) is 11.8 Å². The van der Waals surface area contributed by atoms with Crippen molar-refractivity contribution in [1.29, 1.82) is 0 Å². The highest BCUT2D eigenvalue weighted by Crippen LogP contribution is 2.39. The summed E-state index contributed by atoms with van der Waals surface area (Å²) in [4.78, 5) is 25.8. The summed E-state index contributed by atoms with van der Waals surface area (Å²) in [7, 11) is 0. The number of carbonyl (C=O) groups is 1. The lowest BCUT2D eigenvalue weighted by Gasteiger charge is -2.01. The first-order chi connectivity index (χ1) is 9.54. The molecule has 0 bridgehead atoms. The van der Waals surface area contributed by atoms with Crippen molar-refractivity contribution in [2.75, 3.05) is 6.79 Å². The highest BCUT2D eigenvalue weighted by molar-refractivity contribution is 8.18. The number of nitrogens with two attached hydrogens (primary N) is 1. The van der Waals surface area contributed by atoms with Gasteiger partial charge in [0, 0.05) is 0 Å². The second-order valence-electron chi connectivity index (χ2n) is 3.89. The van der Waals surface area contributed by atoms with Crippen LogP contribution in [0.5, 0.6) is 11.5 Å². The molecule has 3 rings (SSSR count). The summed E-state index contributed by atoms with van der Waals surface area (Å²) < 4.78 is 10.3. The molecule has 20 heavy (non-hydrogen) atoms. The molecule has 0 unspecified atom stereocenters. The van der Waals surface area contributed by atoms with Gasteiger partial charge in [-0.15, -0.1) is 0 Å². The number of hydrogen-bond acceptors (Lipinski definition) is 7. The van der Waals surface area contributed by atoms with Crippen molar-refractivity contribution in [2.24, 2.45) is 10.7 Å². The number of nitro groups is 1. The third-order valence-corrected chi connectivity index (χ3v) is 3.46. The number of benzene rings is 1. The van der Waals surface area contributed by atoms with E-state index in [4.69, 9.17) is 15.2 Å². The number of thioether (sulfide) groups is 1. The molecular weight excluding hydrogens is 286 g/mol. The number of aliphatic imine (C=N–C) groups is 1. The summed E-state index contributed by atoms with van der Waals surface area (Å²) in [5, 5.41) is 11.2. The fourth-order valence-electron chi connectivity index (χ4n) is 1.79. The monoisotopic (exact) mass is 293 g/mol. The molecule has 102 valence electrons. The van der Waals surface area contributed by atoms with Crippen LogP contribution in [0, 0.1) is 10.1 Å². The molecule has 0 radical (unpaired) electrons. The van der Waals surface area contributed by atoms with Gasteiger partial charge in [-0.3, -0.25) is 14.9 Å². The molecule has 0 spiro atoms. The highest BCUT2D eigenvalue weighted by Gasteiger charge is 2.25. The van der Waals surface area contributed by atoms with E-state index in [1.807, 2.05) is 0 Å². The van der Waals surface area contributed by atoms with Crippen molar-refractivity contribution in [1.82, 2.24) is 0 Å². The Bertz CT molecular complexity index is 698. The van der Waals surface area contributed by atoms with Gasteiger partial charge in [0.05, 0.1) is 21.5 Å². The first-order valence-electron chi connectivity index (χ1n) is 5.40. The normalized spacial score (nSPS) is 18.5. The number of carbonyl (C=O) groups excluding carboxylic acids is 1. The minimum Gasteiger partial charge on any atom is -0.454 e. The minimum atomic E-state index is -0.553. The topological polar surface area (TPSA) is 117 Å². The van der Waals surface area contributed by atoms with Gasteiger partial charge in [0.15, 0.2) is 16.7 Å². The second kappa shape index (κ2) is 4.53. The summed E-state index contributed by atoms with van der Waals surface area (Å²) in [6, 6.07) is 2.72. The van der Waals surface area contributed by atoms with Crippen LogP contribution in [0.2, 0.25) is 0 Å². The van der Waals surface area contributed by atoms with Crippen LogP contribution < -0.4 is 15.2 Å². The van der Waals surface area contributed by atoms with Gasteiger partial charge in [-0.1, -0.05) is 0 Å². The van der Waals surface area contributed by atoms with Gasteiger partial charge in [0.2, 0.25) is 6.79 Å². The third kappa shape index (κ3) is 2.07. The van der Waals surface area contributed by atoms with Crippen molar-refractivity contribution in [2.45, 2.75) is 0 Å². The van der Waals surface area contributed by atoms with Crippen molar-refractivity contribution in [3.05, 3.63) is 32.7 Å². The molecule has 8 nitrogen and oxygen atoms in total. The van der Waals surface area contributed by atoms with Gasteiger partial charge in [-0.2, -0.15) is 4.99 Å². The first-order valence-corrected chi connectivity index (χ1v) is 6.22. The predicted molar refractivity (Wildman–Crippen MR) is 71.4 cm³/mol. The maximum Gasteiger partial charge on any atom is 0.286 e. The van der Waals surface area contributed by atoms with E-state index in [-0.39, 0.29) is 28.1 Å². The molecule has 2 N–H and O–H groups in total. The Morgan fingerprint density at radius 1 is 1.40 bits per heavy atom. The highest BCUT2D eigenvalue weighted by atomic mass is 32.2. The molecule has 0 aromatic heterocycles. The standard InChI is InChI=1S/C11H7N3O5S/c12-11-13-10(15)9(20-11)2-5-1-7-8(19-4-18-7)3-6(5)14(16)17/h1-3H,4H2,(H2,12,13,15)/b9-2-. The van der Waals surface area contributed by atoms with Crippen molar-refractivity contribution in [3.63, 3.8) is 0 Å². The molecule has 0 saturated carbocycles. The minimum absolute atomic E-state index is 0.0102. The molecule has 0 aliphatic carbocycles. The smallest absolute Gasteiger partial charge is 0.286 e. The number of nitrogens with zero attached hydrogens (tertiary/aromatic N) is 2. The van der Waals surface area contributed by atoms with E-state index in [9.17, 15) is 14.9 Å². The van der Waals surface area contributed by atoms with Crippen molar-refractivity contribution in [3.8, 4) is 11.5 Å². The first kappa shape index (κ1) is 12.5. The van der Waals surface area contributed by atoms with E-state index in [0.29, 0.717) is 11.5 Å². The number of rotatable bonds is 2. The molecule has 1 aromatic rings. The summed E-state index contributed by atoms with van der Waals surface area (Å²) >= 11 is 0.967. The molecular formula is C11H7N3O5S. The van der Waals surface area contributed by atoms with E-state index in [1.54, 1.807) is 0 Å². The Kier molecular flexibility index (Phi) is 2.83. The Morgan fingerprint density at radius 3 is 2.70 bits per heavy atom. The SMILES string of the molecule is NC1=NC(=O)/C(=C/c2cc3c(cc2[N+](=O)[O-])OCO3)S1. The van der Waals surface area contributed by atoms with E-state index < -0.39 is 10.8 Å².